The van der Waals surface area contributed by atoms with Gasteiger partial charge in [-0.3, -0.25) is 19.8 Å². The fraction of sp³-hybridized carbons (Fsp3) is 0.300. The molecular weight excluding hydrogens is 380 g/mol. The van der Waals surface area contributed by atoms with E-state index in [1.165, 1.54) is 23.9 Å². The lowest BCUT2D eigenvalue weighted by Gasteiger charge is -2.30. The molecule has 28 heavy (non-hydrogen) atoms. The molecule has 146 valence electrons. The highest BCUT2D eigenvalue weighted by atomic mass is 35.5. The number of amides is 1. The minimum atomic E-state index is -0.465. The number of non-ortho nitro benzene ring substituents is 1. The minimum absolute atomic E-state index is 0.0108. The summed E-state index contributed by atoms with van der Waals surface area (Å²) in [6.45, 7) is 2.53. The summed E-state index contributed by atoms with van der Waals surface area (Å²) in [4.78, 5) is 24.9. The number of carbonyl (C=O) groups excluding carboxylic acids is 1. The van der Waals surface area contributed by atoms with Crippen molar-refractivity contribution in [1.82, 2.24) is 10.3 Å². The van der Waals surface area contributed by atoms with Gasteiger partial charge in [-0.2, -0.15) is 5.10 Å². The van der Waals surface area contributed by atoms with Crippen LogP contribution in [0.3, 0.4) is 0 Å². The zero-order chi connectivity index (χ0) is 19.9. The summed E-state index contributed by atoms with van der Waals surface area (Å²) < 4.78 is 0. The summed E-state index contributed by atoms with van der Waals surface area (Å²) >= 11 is 5.91. The van der Waals surface area contributed by atoms with Crippen LogP contribution in [0.25, 0.3) is 0 Å². The largest absolute Gasteiger partial charge is 0.299 e. The summed E-state index contributed by atoms with van der Waals surface area (Å²) in [6, 6.07) is 13.9. The molecule has 0 saturated carbocycles. The predicted octanol–water partition coefficient (Wildman–Crippen LogP) is 3.61. The molecule has 1 heterocycles. The number of nitrogens with zero attached hydrogens (tertiary/aromatic N) is 3. The van der Waals surface area contributed by atoms with E-state index in [0.717, 1.165) is 37.5 Å². The summed E-state index contributed by atoms with van der Waals surface area (Å²) in [5, 5.41) is 15.4. The van der Waals surface area contributed by atoms with Crippen LogP contribution in [0.5, 0.6) is 0 Å². The molecule has 0 unspecified atom stereocenters. The second kappa shape index (κ2) is 9.43. The normalized spacial score (nSPS) is 15.6. The third kappa shape index (κ3) is 5.61. The molecule has 0 aromatic heterocycles. The van der Waals surface area contributed by atoms with Crippen LogP contribution in [0.4, 0.5) is 5.69 Å². The third-order valence-corrected chi connectivity index (χ3v) is 5.00. The van der Waals surface area contributed by atoms with Gasteiger partial charge in [0.2, 0.25) is 5.91 Å². The lowest BCUT2D eigenvalue weighted by molar-refractivity contribution is -0.384. The van der Waals surface area contributed by atoms with Crippen LogP contribution in [0.15, 0.2) is 53.6 Å². The van der Waals surface area contributed by atoms with Crippen LogP contribution in [0.2, 0.25) is 5.02 Å². The SMILES string of the molecule is O=C(N/N=C\c1cccc([N+](=O)[O-])c1)C1CCN(Cc2ccc(Cl)cc2)CC1. The average Bonchev–Trinajstić information content (AvgIpc) is 2.70. The standard InChI is InChI=1S/C20H21ClN4O3/c21-18-6-4-15(5-7-18)14-24-10-8-17(9-11-24)20(26)23-22-13-16-2-1-3-19(12-16)25(27)28/h1-7,12-13,17H,8-11,14H2,(H,23,26)/b22-13-. The van der Waals surface area contributed by atoms with E-state index in [1.807, 2.05) is 24.3 Å². The van der Waals surface area contributed by atoms with Crippen LogP contribution < -0.4 is 5.43 Å². The van der Waals surface area contributed by atoms with Gasteiger partial charge in [0, 0.05) is 35.2 Å². The van der Waals surface area contributed by atoms with Crippen molar-refractivity contribution < 1.29 is 9.72 Å². The van der Waals surface area contributed by atoms with Crippen molar-refractivity contribution in [2.45, 2.75) is 19.4 Å². The zero-order valence-corrected chi connectivity index (χ0v) is 16.0. The fourth-order valence-corrected chi connectivity index (χ4v) is 3.31. The zero-order valence-electron chi connectivity index (χ0n) is 15.3. The number of halogens is 1. The Labute approximate surface area is 168 Å². The molecular formula is C20H21ClN4O3. The van der Waals surface area contributed by atoms with Crippen molar-refractivity contribution in [3.8, 4) is 0 Å². The van der Waals surface area contributed by atoms with Gasteiger partial charge >= 0.3 is 0 Å². The molecule has 0 aliphatic carbocycles. The molecule has 2 aromatic carbocycles. The molecule has 1 aliphatic heterocycles. The first-order valence-electron chi connectivity index (χ1n) is 9.05. The minimum Gasteiger partial charge on any atom is -0.299 e. The Bertz CT molecular complexity index is 862. The van der Waals surface area contributed by atoms with Crippen molar-refractivity contribution in [3.05, 3.63) is 74.8 Å². The van der Waals surface area contributed by atoms with Crippen molar-refractivity contribution >= 4 is 29.4 Å². The van der Waals surface area contributed by atoms with Gasteiger partial charge in [-0.05, 0) is 43.6 Å². The molecule has 7 nitrogen and oxygen atoms in total. The number of hydrazone groups is 1. The first kappa shape index (κ1) is 20.0. The smallest absolute Gasteiger partial charge is 0.270 e. The van der Waals surface area contributed by atoms with Crippen LogP contribution >= 0.6 is 11.6 Å². The van der Waals surface area contributed by atoms with E-state index in [0.29, 0.717) is 5.56 Å². The van der Waals surface area contributed by atoms with E-state index in [2.05, 4.69) is 15.4 Å². The predicted molar refractivity (Wildman–Crippen MR) is 108 cm³/mol. The maximum absolute atomic E-state index is 12.3. The average molecular weight is 401 g/mol. The molecule has 0 radical (unpaired) electrons. The van der Waals surface area contributed by atoms with Gasteiger partial charge < -0.3 is 0 Å². The molecule has 3 rings (SSSR count). The topological polar surface area (TPSA) is 87.8 Å². The molecule has 8 heteroatoms. The molecule has 0 spiro atoms. The number of nitrogens with one attached hydrogen (secondary N) is 1. The van der Waals surface area contributed by atoms with Crippen molar-refractivity contribution in [2.24, 2.45) is 11.0 Å². The van der Waals surface area contributed by atoms with Gasteiger partial charge in [0.05, 0.1) is 11.1 Å². The summed E-state index contributed by atoms with van der Waals surface area (Å²) in [7, 11) is 0. The fourth-order valence-electron chi connectivity index (χ4n) is 3.18. The molecule has 1 fully saturated rings. The van der Waals surface area contributed by atoms with Crippen LogP contribution in [-0.2, 0) is 11.3 Å². The number of hydrogen-bond donors (Lipinski definition) is 1. The Morgan fingerprint density at radius 2 is 1.96 bits per heavy atom. The quantitative estimate of drug-likeness (QED) is 0.455. The summed E-state index contributed by atoms with van der Waals surface area (Å²) in [6.07, 6.45) is 2.96. The second-order valence-electron chi connectivity index (χ2n) is 6.76. The molecule has 1 aliphatic rings. The van der Waals surface area contributed by atoms with Crippen molar-refractivity contribution in [3.63, 3.8) is 0 Å². The summed E-state index contributed by atoms with van der Waals surface area (Å²) in [5.74, 6) is -0.198. The molecule has 1 amide bonds. The van der Waals surface area contributed by atoms with Gasteiger partial charge in [-0.1, -0.05) is 35.9 Å². The van der Waals surface area contributed by atoms with Crippen LogP contribution in [0.1, 0.15) is 24.0 Å². The molecule has 0 atom stereocenters. The maximum Gasteiger partial charge on any atom is 0.270 e. The van der Waals surface area contributed by atoms with Crippen LogP contribution in [-0.4, -0.2) is 35.0 Å². The van der Waals surface area contributed by atoms with Gasteiger partial charge in [-0.15, -0.1) is 0 Å². The lowest BCUT2D eigenvalue weighted by atomic mass is 9.96. The van der Waals surface area contributed by atoms with Gasteiger partial charge in [0.25, 0.3) is 5.69 Å². The van der Waals surface area contributed by atoms with Gasteiger partial charge in [0.1, 0.15) is 0 Å². The highest BCUT2D eigenvalue weighted by Crippen LogP contribution is 2.20. The number of nitro benzene ring substituents is 1. The van der Waals surface area contributed by atoms with Crippen molar-refractivity contribution in [1.29, 1.82) is 0 Å². The van der Waals surface area contributed by atoms with Crippen molar-refractivity contribution in [2.75, 3.05) is 13.1 Å². The Hall–Kier alpha value is -2.77. The highest BCUT2D eigenvalue weighted by molar-refractivity contribution is 6.30. The van der Waals surface area contributed by atoms with E-state index < -0.39 is 4.92 Å². The first-order valence-corrected chi connectivity index (χ1v) is 9.43. The van der Waals surface area contributed by atoms with Gasteiger partial charge in [0.15, 0.2) is 0 Å². The Kier molecular flexibility index (Phi) is 6.73. The number of rotatable bonds is 6. The number of piperidine rings is 1. The third-order valence-electron chi connectivity index (χ3n) is 4.75. The maximum atomic E-state index is 12.3. The second-order valence-corrected chi connectivity index (χ2v) is 7.20. The first-order chi connectivity index (χ1) is 13.5. The molecule has 0 bridgehead atoms. The Morgan fingerprint density at radius 1 is 1.25 bits per heavy atom. The lowest BCUT2D eigenvalue weighted by Crippen LogP contribution is -2.39. The number of nitro groups is 1. The number of carbonyl (C=O) groups is 1. The van der Waals surface area contributed by atoms with Gasteiger partial charge in [-0.25, -0.2) is 5.43 Å². The Balaban J connectivity index is 1.45. The Morgan fingerprint density at radius 3 is 2.64 bits per heavy atom. The number of benzene rings is 2. The monoisotopic (exact) mass is 400 g/mol. The molecule has 2 aromatic rings. The van der Waals surface area contributed by atoms with E-state index >= 15 is 0 Å². The van der Waals surface area contributed by atoms with E-state index in [9.17, 15) is 14.9 Å². The van der Waals surface area contributed by atoms with E-state index in [-0.39, 0.29) is 17.5 Å². The molecule has 1 N–H and O–H groups in total. The molecule has 1 saturated heterocycles. The highest BCUT2D eigenvalue weighted by Gasteiger charge is 2.24. The number of likely N-dealkylation sites (tertiary alicyclic amines) is 1. The van der Waals surface area contributed by atoms with Crippen LogP contribution in [0, 0.1) is 16.0 Å². The summed E-state index contributed by atoms with van der Waals surface area (Å²) in [5.41, 5.74) is 4.30. The van der Waals surface area contributed by atoms with E-state index in [4.69, 9.17) is 11.6 Å². The number of hydrogen-bond acceptors (Lipinski definition) is 5. The van der Waals surface area contributed by atoms with E-state index in [1.54, 1.807) is 12.1 Å².